The van der Waals surface area contributed by atoms with Crippen LogP contribution in [0.1, 0.15) is 48.7 Å². The Labute approximate surface area is 123 Å². The van der Waals surface area contributed by atoms with Crippen LogP contribution in [0.2, 0.25) is 0 Å². The SMILES string of the molecule is CCC(C)(C)C(=O)Oc1c(C)cc(C(=O)C(=O)[O-])cc1C. The number of carbonyl (C=O) groups is 3. The normalized spacial score (nSPS) is 11.1. The van der Waals surface area contributed by atoms with Crippen molar-refractivity contribution in [3.8, 4) is 5.75 Å². The highest BCUT2D eigenvalue weighted by molar-refractivity contribution is 6.39. The first-order valence-electron chi connectivity index (χ1n) is 6.69. The number of esters is 1. The summed E-state index contributed by atoms with van der Waals surface area (Å²) in [7, 11) is 0. The van der Waals surface area contributed by atoms with E-state index in [9.17, 15) is 19.5 Å². The Kier molecular flexibility index (Phi) is 4.88. The minimum absolute atomic E-state index is 0.0135. The van der Waals surface area contributed by atoms with E-state index >= 15 is 0 Å². The van der Waals surface area contributed by atoms with Gasteiger partial charge < -0.3 is 14.6 Å². The molecule has 0 N–H and O–H groups in total. The van der Waals surface area contributed by atoms with Crippen LogP contribution < -0.4 is 9.84 Å². The van der Waals surface area contributed by atoms with Crippen LogP contribution in [0.5, 0.6) is 5.75 Å². The Morgan fingerprint density at radius 1 is 1.14 bits per heavy atom. The number of carbonyl (C=O) groups excluding carboxylic acids is 3. The molecule has 0 spiro atoms. The summed E-state index contributed by atoms with van der Waals surface area (Å²) in [6.45, 7) is 8.77. The second-order valence-electron chi connectivity index (χ2n) is 5.68. The Hall–Kier alpha value is -2.17. The number of ketones is 1. The van der Waals surface area contributed by atoms with Gasteiger partial charge in [-0.3, -0.25) is 9.59 Å². The van der Waals surface area contributed by atoms with Crippen molar-refractivity contribution in [1.82, 2.24) is 0 Å². The number of benzene rings is 1. The molecule has 0 atom stereocenters. The Balaban J connectivity index is 3.15. The van der Waals surface area contributed by atoms with E-state index in [0.717, 1.165) is 0 Å². The summed E-state index contributed by atoms with van der Waals surface area (Å²) in [6, 6.07) is 2.76. The topological polar surface area (TPSA) is 83.5 Å². The van der Waals surface area contributed by atoms with Crippen molar-refractivity contribution in [3.05, 3.63) is 28.8 Å². The van der Waals surface area contributed by atoms with E-state index in [0.29, 0.717) is 23.3 Å². The summed E-state index contributed by atoms with van der Waals surface area (Å²) >= 11 is 0. The average molecular weight is 291 g/mol. The molecule has 114 valence electrons. The number of aliphatic carboxylic acids is 1. The van der Waals surface area contributed by atoms with Crippen LogP contribution >= 0.6 is 0 Å². The molecule has 0 radical (unpaired) electrons. The molecule has 0 aromatic heterocycles. The number of carboxylic acid groups (broad SMARTS) is 1. The summed E-state index contributed by atoms with van der Waals surface area (Å²) in [5.41, 5.74) is 0.456. The highest BCUT2D eigenvalue weighted by atomic mass is 16.5. The van der Waals surface area contributed by atoms with E-state index < -0.39 is 17.2 Å². The summed E-state index contributed by atoms with van der Waals surface area (Å²) < 4.78 is 5.41. The van der Waals surface area contributed by atoms with Crippen molar-refractivity contribution in [1.29, 1.82) is 0 Å². The number of ether oxygens (including phenoxy) is 1. The monoisotopic (exact) mass is 291 g/mol. The number of rotatable bonds is 5. The van der Waals surface area contributed by atoms with Crippen LogP contribution in [0.15, 0.2) is 12.1 Å². The fourth-order valence-electron chi connectivity index (χ4n) is 1.74. The minimum Gasteiger partial charge on any atom is -0.541 e. The third-order valence-electron chi connectivity index (χ3n) is 3.54. The molecule has 0 aliphatic rings. The molecule has 0 bridgehead atoms. The predicted molar refractivity (Wildman–Crippen MR) is 75.0 cm³/mol. The van der Waals surface area contributed by atoms with Crippen LogP contribution in [0.4, 0.5) is 0 Å². The Morgan fingerprint density at radius 3 is 2.00 bits per heavy atom. The summed E-state index contributed by atoms with van der Waals surface area (Å²) in [5.74, 6) is -2.86. The average Bonchev–Trinajstić information content (AvgIpc) is 2.41. The molecular weight excluding hydrogens is 272 g/mol. The first-order chi connectivity index (χ1) is 9.60. The summed E-state index contributed by atoms with van der Waals surface area (Å²) in [4.78, 5) is 34.1. The van der Waals surface area contributed by atoms with Gasteiger partial charge in [-0.25, -0.2) is 0 Å². The van der Waals surface area contributed by atoms with Gasteiger partial charge in [0, 0.05) is 5.56 Å². The quantitative estimate of drug-likeness (QED) is 0.356. The van der Waals surface area contributed by atoms with Gasteiger partial charge in [0.25, 0.3) is 0 Å². The Bertz CT molecular complexity index is 576. The zero-order valence-electron chi connectivity index (χ0n) is 12.9. The second kappa shape index (κ2) is 6.08. The molecule has 0 amide bonds. The molecule has 0 aliphatic heterocycles. The zero-order chi connectivity index (χ0) is 16.4. The van der Waals surface area contributed by atoms with Gasteiger partial charge >= 0.3 is 5.97 Å². The number of carboxylic acids is 1. The lowest BCUT2D eigenvalue weighted by molar-refractivity contribution is -0.296. The van der Waals surface area contributed by atoms with Crippen molar-refractivity contribution >= 4 is 17.7 Å². The maximum atomic E-state index is 12.1. The highest BCUT2D eigenvalue weighted by Crippen LogP contribution is 2.29. The molecule has 1 aromatic carbocycles. The molecule has 21 heavy (non-hydrogen) atoms. The largest absolute Gasteiger partial charge is 0.541 e. The van der Waals surface area contributed by atoms with Crippen LogP contribution in [0.25, 0.3) is 0 Å². The number of hydrogen-bond acceptors (Lipinski definition) is 5. The van der Waals surface area contributed by atoms with Gasteiger partial charge in [0.05, 0.1) is 5.41 Å². The molecule has 0 unspecified atom stereocenters. The minimum atomic E-state index is -1.76. The van der Waals surface area contributed by atoms with E-state index in [2.05, 4.69) is 0 Å². The van der Waals surface area contributed by atoms with Gasteiger partial charge in [0.2, 0.25) is 5.78 Å². The fourth-order valence-corrected chi connectivity index (χ4v) is 1.74. The van der Waals surface area contributed by atoms with Crippen molar-refractivity contribution in [2.75, 3.05) is 0 Å². The van der Waals surface area contributed by atoms with Gasteiger partial charge in [-0.15, -0.1) is 0 Å². The first-order valence-corrected chi connectivity index (χ1v) is 6.69. The van der Waals surface area contributed by atoms with Crippen molar-refractivity contribution in [2.45, 2.75) is 41.0 Å². The smallest absolute Gasteiger partial charge is 0.316 e. The molecule has 1 aromatic rings. The van der Waals surface area contributed by atoms with Crippen LogP contribution in [0.3, 0.4) is 0 Å². The highest BCUT2D eigenvalue weighted by Gasteiger charge is 2.28. The lowest BCUT2D eigenvalue weighted by atomic mass is 9.90. The van der Waals surface area contributed by atoms with E-state index in [-0.39, 0.29) is 11.5 Å². The zero-order valence-corrected chi connectivity index (χ0v) is 12.9. The van der Waals surface area contributed by atoms with Gasteiger partial charge in [0.1, 0.15) is 11.7 Å². The van der Waals surface area contributed by atoms with E-state index in [1.807, 2.05) is 6.92 Å². The van der Waals surface area contributed by atoms with E-state index in [4.69, 9.17) is 4.74 Å². The van der Waals surface area contributed by atoms with Gasteiger partial charge in [-0.1, -0.05) is 6.92 Å². The standard InChI is InChI=1S/C16H20O5/c1-6-16(4,5)15(20)21-13-9(2)7-11(8-10(13)3)12(17)14(18)19/h7-8H,6H2,1-5H3,(H,18,19)/p-1. The summed E-state index contributed by atoms with van der Waals surface area (Å²) in [6.07, 6.45) is 0.630. The first kappa shape index (κ1) is 16.9. The van der Waals surface area contributed by atoms with E-state index in [1.165, 1.54) is 12.1 Å². The molecular formula is C16H19O5-. The molecule has 0 heterocycles. The molecule has 0 saturated heterocycles. The lowest BCUT2D eigenvalue weighted by Crippen LogP contribution is -2.31. The molecule has 0 aliphatic carbocycles. The van der Waals surface area contributed by atoms with Gasteiger partial charge in [-0.2, -0.15) is 0 Å². The van der Waals surface area contributed by atoms with Gasteiger partial charge in [-0.05, 0) is 57.4 Å². The molecule has 5 heteroatoms. The fraction of sp³-hybridized carbons (Fsp3) is 0.438. The third kappa shape index (κ3) is 3.68. The number of hydrogen-bond donors (Lipinski definition) is 0. The third-order valence-corrected chi connectivity index (χ3v) is 3.54. The molecule has 5 nitrogen and oxygen atoms in total. The van der Waals surface area contributed by atoms with Crippen molar-refractivity contribution in [2.24, 2.45) is 5.41 Å². The molecule has 0 saturated carbocycles. The van der Waals surface area contributed by atoms with Gasteiger partial charge in [0.15, 0.2) is 0 Å². The second-order valence-corrected chi connectivity index (χ2v) is 5.68. The van der Waals surface area contributed by atoms with Crippen molar-refractivity contribution in [3.63, 3.8) is 0 Å². The maximum Gasteiger partial charge on any atom is 0.316 e. The number of Topliss-reactive ketones (excluding diaryl/α,β-unsaturated/α-hetero) is 1. The van der Waals surface area contributed by atoms with Crippen LogP contribution in [0, 0.1) is 19.3 Å². The summed E-state index contributed by atoms with van der Waals surface area (Å²) in [5, 5.41) is 10.6. The Morgan fingerprint density at radius 2 is 1.62 bits per heavy atom. The van der Waals surface area contributed by atoms with Crippen LogP contribution in [-0.4, -0.2) is 17.7 Å². The molecule has 0 fully saturated rings. The van der Waals surface area contributed by atoms with Crippen LogP contribution in [-0.2, 0) is 9.59 Å². The maximum absolute atomic E-state index is 12.1. The lowest BCUT2D eigenvalue weighted by Gasteiger charge is -2.22. The van der Waals surface area contributed by atoms with Crippen molar-refractivity contribution < 1.29 is 24.2 Å². The molecule has 1 rings (SSSR count). The van der Waals surface area contributed by atoms with E-state index in [1.54, 1.807) is 27.7 Å². The predicted octanol–water partition coefficient (Wildman–Crippen LogP) is 1.58. The number of aryl methyl sites for hydroxylation is 2.